The van der Waals surface area contributed by atoms with E-state index >= 15 is 0 Å². The van der Waals surface area contributed by atoms with Gasteiger partial charge in [-0.1, -0.05) is 35.9 Å². The molecular weight excluding hydrogens is 416 g/mol. The summed E-state index contributed by atoms with van der Waals surface area (Å²) < 4.78 is 0. The van der Waals surface area contributed by atoms with Crippen LogP contribution in [0.15, 0.2) is 66.7 Å². The van der Waals surface area contributed by atoms with E-state index in [1.165, 1.54) is 5.56 Å². The lowest BCUT2D eigenvalue weighted by atomic mass is 10.1. The van der Waals surface area contributed by atoms with E-state index in [0.717, 1.165) is 16.8 Å². The molecule has 0 radical (unpaired) electrons. The Morgan fingerprint density at radius 2 is 1.83 bits per heavy atom. The van der Waals surface area contributed by atoms with Crippen LogP contribution in [0.3, 0.4) is 0 Å². The van der Waals surface area contributed by atoms with Crippen LogP contribution in [0, 0.1) is 13.8 Å². The molecule has 1 aliphatic heterocycles. The molecule has 0 aliphatic carbocycles. The number of amides is 2. The number of benzene rings is 3. The van der Waals surface area contributed by atoms with Crippen molar-refractivity contribution in [1.82, 2.24) is 0 Å². The zero-order chi connectivity index (χ0) is 21.3. The van der Waals surface area contributed by atoms with Gasteiger partial charge in [0.05, 0.1) is 5.75 Å². The lowest BCUT2D eigenvalue weighted by Gasteiger charge is -2.25. The average Bonchev–Trinajstić information content (AvgIpc) is 3.12. The number of hydrogen-bond acceptors (Lipinski definition) is 3. The van der Waals surface area contributed by atoms with Crippen molar-refractivity contribution >= 4 is 46.6 Å². The summed E-state index contributed by atoms with van der Waals surface area (Å²) in [5, 5.41) is 3.30. The van der Waals surface area contributed by atoms with Crippen molar-refractivity contribution in [3.63, 3.8) is 0 Å². The normalized spacial score (nSPS) is 16.0. The fourth-order valence-electron chi connectivity index (χ4n) is 3.43. The summed E-state index contributed by atoms with van der Waals surface area (Å²) in [7, 11) is 0. The van der Waals surface area contributed by atoms with Crippen LogP contribution in [0.2, 0.25) is 5.02 Å². The van der Waals surface area contributed by atoms with Crippen LogP contribution in [0.5, 0.6) is 0 Å². The van der Waals surface area contributed by atoms with Crippen LogP contribution in [0.1, 0.15) is 32.4 Å². The summed E-state index contributed by atoms with van der Waals surface area (Å²) in [6.45, 7) is 4.11. The average molecular weight is 437 g/mol. The number of anilines is 2. The number of nitrogens with one attached hydrogen (secondary N) is 1. The van der Waals surface area contributed by atoms with Gasteiger partial charge in [0.2, 0.25) is 5.91 Å². The molecule has 4 nitrogen and oxygen atoms in total. The lowest BCUT2D eigenvalue weighted by Crippen LogP contribution is -2.28. The first-order chi connectivity index (χ1) is 14.4. The minimum absolute atomic E-state index is 0.0848. The third-order valence-corrected chi connectivity index (χ3v) is 6.60. The molecule has 1 atom stereocenters. The van der Waals surface area contributed by atoms with Gasteiger partial charge in [0.1, 0.15) is 5.37 Å². The Bertz CT molecular complexity index is 1130. The van der Waals surface area contributed by atoms with Crippen molar-refractivity contribution in [2.45, 2.75) is 19.2 Å². The number of carbonyl (C=O) groups is 2. The minimum atomic E-state index is -0.226. The van der Waals surface area contributed by atoms with Crippen molar-refractivity contribution in [3.8, 4) is 0 Å². The molecule has 1 N–H and O–H groups in total. The van der Waals surface area contributed by atoms with Crippen molar-refractivity contribution in [3.05, 3.63) is 94.0 Å². The molecule has 6 heteroatoms. The van der Waals surface area contributed by atoms with E-state index < -0.39 is 0 Å². The largest absolute Gasteiger partial charge is 0.322 e. The van der Waals surface area contributed by atoms with Gasteiger partial charge in [0.15, 0.2) is 0 Å². The summed E-state index contributed by atoms with van der Waals surface area (Å²) in [5.74, 6) is 0.286. The third-order valence-electron chi connectivity index (χ3n) is 5.15. The van der Waals surface area contributed by atoms with E-state index in [1.807, 2.05) is 48.2 Å². The molecule has 3 aromatic carbocycles. The Hall–Kier alpha value is -2.76. The topological polar surface area (TPSA) is 49.4 Å². The number of nitrogens with zero attached hydrogens (tertiary/aromatic N) is 1. The summed E-state index contributed by atoms with van der Waals surface area (Å²) >= 11 is 7.58. The molecule has 0 unspecified atom stereocenters. The number of aryl methyl sites for hydroxylation is 2. The number of hydrogen-bond donors (Lipinski definition) is 1. The highest BCUT2D eigenvalue weighted by molar-refractivity contribution is 8.00. The van der Waals surface area contributed by atoms with Crippen LogP contribution in [-0.4, -0.2) is 17.6 Å². The first kappa shape index (κ1) is 20.5. The molecule has 1 fully saturated rings. The monoisotopic (exact) mass is 436 g/mol. The van der Waals surface area contributed by atoms with Crippen LogP contribution < -0.4 is 10.2 Å². The molecular formula is C24H21ClN2O2S. The van der Waals surface area contributed by atoms with Gasteiger partial charge in [0, 0.05) is 22.0 Å². The summed E-state index contributed by atoms with van der Waals surface area (Å²) in [5.41, 5.74) is 5.38. The van der Waals surface area contributed by atoms with Gasteiger partial charge in [-0.05, 0) is 73.0 Å². The van der Waals surface area contributed by atoms with Crippen molar-refractivity contribution in [2.75, 3.05) is 16.0 Å². The Labute approximate surface area is 185 Å². The molecule has 0 spiro atoms. The smallest absolute Gasteiger partial charge is 0.255 e. The quantitative estimate of drug-likeness (QED) is 0.546. The van der Waals surface area contributed by atoms with Gasteiger partial charge in [-0.15, -0.1) is 11.8 Å². The number of carbonyl (C=O) groups excluding carboxylic acids is 2. The van der Waals surface area contributed by atoms with Gasteiger partial charge < -0.3 is 5.32 Å². The fraction of sp³-hybridized carbons (Fsp3) is 0.167. The van der Waals surface area contributed by atoms with E-state index in [0.29, 0.717) is 22.0 Å². The lowest BCUT2D eigenvalue weighted by molar-refractivity contribution is -0.115. The zero-order valence-corrected chi connectivity index (χ0v) is 18.3. The molecule has 1 saturated heterocycles. The number of rotatable bonds is 4. The second kappa shape index (κ2) is 8.54. The summed E-state index contributed by atoms with van der Waals surface area (Å²) in [6, 6.07) is 20.6. The predicted octanol–water partition coefficient (Wildman–Crippen LogP) is 5.99. The van der Waals surface area contributed by atoms with Crippen LogP contribution in [0.4, 0.5) is 11.4 Å². The minimum Gasteiger partial charge on any atom is -0.322 e. The highest BCUT2D eigenvalue weighted by Gasteiger charge is 2.34. The second-order valence-electron chi connectivity index (χ2n) is 7.29. The highest BCUT2D eigenvalue weighted by atomic mass is 35.5. The number of thioether (sulfide) groups is 1. The molecule has 0 bridgehead atoms. The van der Waals surface area contributed by atoms with Crippen molar-refractivity contribution < 1.29 is 9.59 Å². The van der Waals surface area contributed by atoms with E-state index in [2.05, 4.69) is 18.3 Å². The maximum atomic E-state index is 12.7. The standard InChI is InChI=1S/C24H21ClN2O2S/c1-15-9-10-21(11-16(15)2)27-22(28)14-30-24(27)18-6-4-8-20(13-18)26-23(29)17-5-3-7-19(25)12-17/h3-13,24H,14H2,1-2H3,(H,26,29)/t24-/m0/s1. The maximum absolute atomic E-state index is 12.7. The van der Waals surface area contributed by atoms with Gasteiger partial charge in [-0.2, -0.15) is 0 Å². The van der Waals surface area contributed by atoms with Crippen molar-refractivity contribution in [2.24, 2.45) is 0 Å². The van der Waals surface area contributed by atoms with E-state index in [4.69, 9.17) is 11.6 Å². The zero-order valence-electron chi connectivity index (χ0n) is 16.7. The first-order valence-electron chi connectivity index (χ1n) is 9.60. The van der Waals surface area contributed by atoms with Gasteiger partial charge >= 0.3 is 0 Å². The Morgan fingerprint density at radius 1 is 1.03 bits per heavy atom. The molecule has 1 heterocycles. The van der Waals surface area contributed by atoms with Crippen LogP contribution in [0.25, 0.3) is 0 Å². The van der Waals surface area contributed by atoms with Crippen LogP contribution in [-0.2, 0) is 4.79 Å². The Morgan fingerprint density at radius 3 is 2.60 bits per heavy atom. The van der Waals surface area contributed by atoms with E-state index in [-0.39, 0.29) is 17.2 Å². The molecule has 2 amide bonds. The fourth-order valence-corrected chi connectivity index (χ4v) is 4.79. The van der Waals surface area contributed by atoms with Gasteiger partial charge in [-0.3, -0.25) is 14.5 Å². The second-order valence-corrected chi connectivity index (χ2v) is 8.79. The van der Waals surface area contributed by atoms with E-state index in [1.54, 1.807) is 36.0 Å². The van der Waals surface area contributed by atoms with E-state index in [9.17, 15) is 9.59 Å². The maximum Gasteiger partial charge on any atom is 0.255 e. The molecule has 152 valence electrons. The summed E-state index contributed by atoms with van der Waals surface area (Å²) in [6.07, 6.45) is 0. The Balaban J connectivity index is 1.60. The molecule has 0 saturated carbocycles. The Kier molecular flexibility index (Phi) is 5.84. The van der Waals surface area contributed by atoms with Gasteiger partial charge in [-0.25, -0.2) is 0 Å². The first-order valence-corrected chi connectivity index (χ1v) is 11.0. The predicted molar refractivity (Wildman–Crippen MR) is 124 cm³/mol. The number of halogens is 1. The van der Waals surface area contributed by atoms with Crippen LogP contribution >= 0.6 is 23.4 Å². The molecule has 3 aromatic rings. The molecule has 30 heavy (non-hydrogen) atoms. The molecule has 4 rings (SSSR count). The highest BCUT2D eigenvalue weighted by Crippen LogP contribution is 2.42. The summed E-state index contributed by atoms with van der Waals surface area (Å²) in [4.78, 5) is 27.1. The molecule has 0 aromatic heterocycles. The SMILES string of the molecule is Cc1ccc(N2C(=O)CS[C@H]2c2cccc(NC(=O)c3cccc(Cl)c3)c2)cc1C. The van der Waals surface area contributed by atoms with Gasteiger partial charge in [0.25, 0.3) is 5.91 Å². The third kappa shape index (κ3) is 4.23. The molecule has 1 aliphatic rings. The van der Waals surface area contributed by atoms with Crippen molar-refractivity contribution in [1.29, 1.82) is 0 Å².